The molecule has 1 atom stereocenters. The number of fused-ring (bicyclic) bond motifs is 2. The molecule has 0 spiro atoms. The minimum absolute atomic E-state index is 0.0313. The van der Waals surface area contributed by atoms with Crippen LogP contribution in [0.5, 0.6) is 0 Å². The zero-order valence-corrected chi connectivity index (χ0v) is 22.1. The number of carbonyl (C=O) groups is 1. The number of para-hydroxylation sites is 1. The van der Waals surface area contributed by atoms with E-state index >= 15 is 0 Å². The summed E-state index contributed by atoms with van der Waals surface area (Å²) in [6.45, 7) is 6.56. The third-order valence-electron chi connectivity index (χ3n) is 7.81. The van der Waals surface area contributed by atoms with Gasteiger partial charge in [0.2, 0.25) is 0 Å². The Morgan fingerprint density at radius 2 is 1.97 bits per heavy atom. The van der Waals surface area contributed by atoms with Crippen molar-refractivity contribution >= 4 is 45.8 Å². The Labute approximate surface area is 224 Å². The first kappa shape index (κ1) is 25.7. The number of nitro groups is 1. The number of aromatic nitrogens is 1. The molecule has 194 valence electrons. The van der Waals surface area contributed by atoms with Gasteiger partial charge in [0.1, 0.15) is 11.5 Å². The number of aromatic carboxylic acids is 1. The fourth-order valence-corrected chi connectivity index (χ4v) is 5.39. The van der Waals surface area contributed by atoms with Gasteiger partial charge in [-0.15, -0.1) is 0 Å². The van der Waals surface area contributed by atoms with Crippen molar-refractivity contribution in [2.45, 2.75) is 40.0 Å². The van der Waals surface area contributed by atoms with Crippen LogP contribution in [0.3, 0.4) is 0 Å². The van der Waals surface area contributed by atoms with Crippen LogP contribution in [-0.2, 0) is 6.42 Å². The van der Waals surface area contributed by atoms with E-state index in [9.17, 15) is 20.0 Å². The van der Waals surface area contributed by atoms with E-state index in [2.05, 4.69) is 20.8 Å². The molecule has 0 amide bonds. The van der Waals surface area contributed by atoms with E-state index in [1.165, 1.54) is 6.07 Å². The molecule has 8 heteroatoms. The SMILES string of the molecule is CCC(C)(C)[C@H]1C/C(=C\c2ccc(-c3ccc(Cl)cc3[N+](=O)[O-])o2)c2nc3ccccc3c(C(=O)O)c2C1. The van der Waals surface area contributed by atoms with Crippen LogP contribution in [0.1, 0.15) is 61.0 Å². The molecule has 4 aromatic rings. The summed E-state index contributed by atoms with van der Waals surface area (Å²) in [7, 11) is 0. The molecule has 0 unspecified atom stereocenters. The first-order valence-electron chi connectivity index (χ1n) is 12.5. The van der Waals surface area contributed by atoms with Gasteiger partial charge >= 0.3 is 5.97 Å². The van der Waals surface area contributed by atoms with Crippen molar-refractivity contribution in [3.05, 3.63) is 92.3 Å². The number of hydrogen-bond acceptors (Lipinski definition) is 5. The lowest BCUT2D eigenvalue weighted by atomic mass is 9.67. The van der Waals surface area contributed by atoms with Crippen molar-refractivity contribution in [1.82, 2.24) is 4.98 Å². The monoisotopic (exact) mass is 530 g/mol. The molecule has 0 saturated carbocycles. The number of halogens is 1. The smallest absolute Gasteiger partial charge is 0.336 e. The molecule has 0 fully saturated rings. The number of carboxylic acid groups (broad SMARTS) is 1. The molecule has 1 N–H and O–H groups in total. The van der Waals surface area contributed by atoms with Gasteiger partial charge in [-0.3, -0.25) is 10.1 Å². The van der Waals surface area contributed by atoms with E-state index in [0.29, 0.717) is 52.1 Å². The van der Waals surface area contributed by atoms with Crippen LogP contribution in [0, 0.1) is 21.4 Å². The second-order valence-corrected chi connectivity index (χ2v) is 10.8. The highest BCUT2D eigenvalue weighted by Gasteiger charge is 2.36. The molecule has 1 aliphatic rings. The maximum absolute atomic E-state index is 12.5. The van der Waals surface area contributed by atoms with Crippen LogP contribution in [0.15, 0.2) is 59.0 Å². The highest BCUT2D eigenvalue weighted by atomic mass is 35.5. The van der Waals surface area contributed by atoms with Crippen molar-refractivity contribution in [2.24, 2.45) is 11.3 Å². The standard InChI is InChI=1S/C30H27ClN2O5/c1-4-30(2,3)18-13-17(28-23(15-18)27(29(34)35)21-7-5-6-8-24(21)32-28)14-20-10-12-26(38-20)22-11-9-19(31)16-25(22)33(36)37/h5-12,14,16,18H,4,13,15H2,1-3H3,(H,34,35)/b17-14+/t18-/m0/s1. The average molecular weight is 531 g/mol. The van der Waals surface area contributed by atoms with E-state index in [0.717, 1.165) is 17.6 Å². The number of hydrogen-bond donors (Lipinski definition) is 1. The molecular formula is C30H27ClN2O5. The molecule has 38 heavy (non-hydrogen) atoms. The second-order valence-electron chi connectivity index (χ2n) is 10.4. The van der Waals surface area contributed by atoms with E-state index in [1.807, 2.05) is 30.3 Å². The highest BCUT2D eigenvalue weighted by Crippen LogP contribution is 2.46. The van der Waals surface area contributed by atoms with Gasteiger partial charge < -0.3 is 9.52 Å². The predicted molar refractivity (Wildman–Crippen MR) is 148 cm³/mol. The van der Waals surface area contributed by atoms with Gasteiger partial charge in [-0.2, -0.15) is 0 Å². The van der Waals surface area contributed by atoms with E-state index in [-0.39, 0.29) is 22.0 Å². The number of allylic oxidation sites excluding steroid dienone is 1. The molecule has 2 aromatic carbocycles. The van der Waals surface area contributed by atoms with Crippen LogP contribution >= 0.6 is 11.6 Å². The van der Waals surface area contributed by atoms with Crippen molar-refractivity contribution in [2.75, 3.05) is 0 Å². The number of nitro benzene ring substituents is 1. The molecule has 2 heterocycles. The largest absolute Gasteiger partial charge is 0.478 e. The maximum atomic E-state index is 12.5. The second kappa shape index (κ2) is 9.72. The molecule has 7 nitrogen and oxygen atoms in total. The summed E-state index contributed by atoms with van der Waals surface area (Å²) in [5.74, 6) is 0.0787. The summed E-state index contributed by atoms with van der Waals surface area (Å²) in [6, 6.07) is 15.2. The Bertz CT molecular complexity index is 1620. The quantitative estimate of drug-likeness (QED) is 0.198. The van der Waals surface area contributed by atoms with Crippen LogP contribution in [-0.4, -0.2) is 21.0 Å². The summed E-state index contributed by atoms with van der Waals surface area (Å²) in [5, 5.41) is 22.7. The van der Waals surface area contributed by atoms with Gasteiger partial charge in [-0.1, -0.05) is 57.0 Å². The first-order chi connectivity index (χ1) is 18.1. The molecule has 0 radical (unpaired) electrons. The molecule has 1 aliphatic carbocycles. The van der Waals surface area contributed by atoms with Gasteiger partial charge in [0, 0.05) is 16.5 Å². The van der Waals surface area contributed by atoms with Crippen molar-refractivity contribution < 1.29 is 19.2 Å². The van der Waals surface area contributed by atoms with Gasteiger partial charge in [0.05, 0.1) is 27.3 Å². The summed E-state index contributed by atoms with van der Waals surface area (Å²) < 4.78 is 6.06. The Morgan fingerprint density at radius 1 is 1.21 bits per heavy atom. The number of nitrogens with zero attached hydrogens (tertiary/aromatic N) is 2. The maximum Gasteiger partial charge on any atom is 0.336 e. The number of rotatable bonds is 6. The lowest BCUT2D eigenvalue weighted by Crippen LogP contribution is -2.30. The first-order valence-corrected chi connectivity index (χ1v) is 12.9. The average Bonchev–Trinajstić information content (AvgIpc) is 3.35. The molecule has 0 bridgehead atoms. The van der Waals surface area contributed by atoms with Crippen LogP contribution < -0.4 is 0 Å². The summed E-state index contributed by atoms with van der Waals surface area (Å²) >= 11 is 5.98. The van der Waals surface area contributed by atoms with Crippen molar-refractivity contribution in [1.29, 1.82) is 0 Å². The van der Waals surface area contributed by atoms with Gasteiger partial charge in [-0.05, 0) is 71.7 Å². The lowest BCUT2D eigenvalue weighted by molar-refractivity contribution is -0.384. The van der Waals surface area contributed by atoms with Crippen molar-refractivity contribution in [3.8, 4) is 11.3 Å². The summed E-state index contributed by atoms with van der Waals surface area (Å²) in [6.07, 6.45) is 4.15. The Morgan fingerprint density at radius 3 is 2.68 bits per heavy atom. The molecular weight excluding hydrogens is 504 g/mol. The number of benzene rings is 2. The summed E-state index contributed by atoms with van der Waals surface area (Å²) in [4.78, 5) is 28.5. The minimum atomic E-state index is -0.968. The zero-order valence-electron chi connectivity index (χ0n) is 21.3. The Kier molecular flexibility index (Phi) is 6.57. The normalized spacial score (nSPS) is 16.5. The topological polar surface area (TPSA) is 106 Å². The minimum Gasteiger partial charge on any atom is -0.478 e. The van der Waals surface area contributed by atoms with E-state index in [4.69, 9.17) is 21.0 Å². The van der Waals surface area contributed by atoms with Crippen molar-refractivity contribution in [3.63, 3.8) is 0 Å². The van der Waals surface area contributed by atoms with Crippen LogP contribution in [0.4, 0.5) is 5.69 Å². The molecule has 0 saturated heterocycles. The molecule has 0 aliphatic heterocycles. The Hall–Kier alpha value is -3.97. The van der Waals surface area contributed by atoms with E-state index in [1.54, 1.807) is 24.3 Å². The van der Waals surface area contributed by atoms with Crippen LogP contribution in [0.25, 0.3) is 33.9 Å². The zero-order chi connectivity index (χ0) is 27.2. The third kappa shape index (κ3) is 4.58. The molecule has 5 rings (SSSR count). The fourth-order valence-electron chi connectivity index (χ4n) is 5.22. The summed E-state index contributed by atoms with van der Waals surface area (Å²) in [5.41, 5.74) is 3.37. The predicted octanol–water partition coefficient (Wildman–Crippen LogP) is 8.29. The number of carboxylic acids is 1. The van der Waals surface area contributed by atoms with E-state index < -0.39 is 10.9 Å². The third-order valence-corrected chi connectivity index (χ3v) is 8.04. The Balaban J connectivity index is 1.68. The number of furan rings is 1. The van der Waals surface area contributed by atoms with Gasteiger partial charge in [0.25, 0.3) is 5.69 Å². The fraction of sp³-hybridized carbons (Fsp3) is 0.267. The lowest BCUT2D eigenvalue weighted by Gasteiger charge is -2.38. The van der Waals surface area contributed by atoms with Gasteiger partial charge in [-0.25, -0.2) is 9.78 Å². The molecule has 2 aromatic heterocycles. The van der Waals surface area contributed by atoms with Gasteiger partial charge in [0.15, 0.2) is 0 Å². The number of pyridine rings is 1. The highest BCUT2D eigenvalue weighted by molar-refractivity contribution is 6.30. The van der Waals surface area contributed by atoms with Crippen LogP contribution in [0.2, 0.25) is 5.02 Å².